The lowest BCUT2D eigenvalue weighted by Gasteiger charge is -2.35. The number of epoxide rings is 1. The van der Waals surface area contributed by atoms with E-state index in [-0.39, 0.29) is 11.8 Å². The molecule has 31 heavy (non-hydrogen) atoms. The minimum Gasteiger partial charge on any atom is -0.371 e. The van der Waals surface area contributed by atoms with E-state index < -0.39 is 17.8 Å². The van der Waals surface area contributed by atoms with Crippen LogP contribution in [0.4, 0.5) is 14.5 Å². The summed E-state index contributed by atoms with van der Waals surface area (Å²) in [5, 5.41) is 4.86. The van der Waals surface area contributed by atoms with Gasteiger partial charge in [-0.15, -0.1) is 0 Å². The molecule has 1 saturated heterocycles. The molecule has 1 fully saturated rings. The number of benzene rings is 3. The van der Waals surface area contributed by atoms with Gasteiger partial charge >= 0.3 is 0 Å². The zero-order chi connectivity index (χ0) is 21.4. The molecular formula is C23H18ClF2N3OS. The molecule has 2 aliphatic rings. The second-order valence-corrected chi connectivity index (χ2v) is 8.65. The van der Waals surface area contributed by atoms with Crippen LogP contribution in [-0.2, 0) is 4.74 Å². The molecule has 0 radical (unpaired) electrons. The molecule has 3 aromatic rings. The van der Waals surface area contributed by atoms with E-state index in [1.165, 1.54) is 23.9 Å². The second-order valence-electron chi connectivity index (χ2n) is 7.20. The van der Waals surface area contributed by atoms with E-state index in [2.05, 4.69) is 0 Å². The summed E-state index contributed by atoms with van der Waals surface area (Å²) in [6.45, 7) is 1.13. The molecule has 0 aliphatic carbocycles. The van der Waals surface area contributed by atoms with E-state index in [1.54, 1.807) is 11.1 Å². The number of hydrazine groups is 1. The lowest BCUT2D eigenvalue weighted by atomic mass is 10.1. The Morgan fingerprint density at radius 1 is 1.03 bits per heavy atom. The Bertz CT molecular complexity index is 1130. The fourth-order valence-electron chi connectivity index (χ4n) is 3.47. The molecule has 8 heteroatoms. The average Bonchev–Trinajstić information content (AvgIpc) is 3.52. The van der Waals surface area contributed by atoms with Crippen molar-refractivity contribution in [2.45, 2.75) is 17.2 Å². The number of thioether (sulfide) groups is 1. The molecular weight excluding hydrogens is 440 g/mol. The Labute approximate surface area is 188 Å². The molecule has 2 aliphatic heterocycles. The molecule has 2 heterocycles. The van der Waals surface area contributed by atoms with Crippen molar-refractivity contribution in [1.82, 2.24) is 5.01 Å². The first-order valence-electron chi connectivity index (χ1n) is 9.78. The lowest BCUT2D eigenvalue weighted by Crippen LogP contribution is -2.44. The molecule has 5 rings (SSSR count). The lowest BCUT2D eigenvalue weighted by molar-refractivity contribution is 0.315. The predicted molar refractivity (Wildman–Crippen MR) is 119 cm³/mol. The number of nitrogens with zero attached hydrogens (tertiary/aromatic N) is 3. The normalized spacial score (nSPS) is 20.2. The summed E-state index contributed by atoms with van der Waals surface area (Å²) >= 11 is 7.98. The van der Waals surface area contributed by atoms with E-state index in [4.69, 9.17) is 21.3 Å². The van der Waals surface area contributed by atoms with Crippen LogP contribution in [0.3, 0.4) is 0 Å². The molecule has 3 aromatic carbocycles. The first kappa shape index (κ1) is 20.3. The molecule has 0 amide bonds. The molecule has 4 nitrogen and oxygen atoms in total. The number of hydrogen-bond acceptors (Lipinski definition) is 5. The van der Waals surface area contributed by atoms with Crippen molar-refractivity contribution in [3.8, 4) is 0 Å². The van der Waals surface area contributed by atoms with Gasteiger partial charge in [-0.05, 0) is 30.3 Å². The number of ether oxygens (including phenoxy) is 1. The van der Waals surface area contributed by atoms with Crippen molar-refractivity contribution in [3.63, 3.8) is 0 Å². The van der Waals surface area contributed by atoms with Crippen LogP contribution in [0.1, 0.15) is 11.7 Å². The minimum atomic E-state index is -0.667. The fourth-order valence-corrected chi connectivity index (χ4v) is 4.63. The fraction of sp³-hybridized carbons (Fsp3) is 0.174. The Balaban J connectivity index is 1.61. The highest BCUT2D eigenvalue weighted by molar-refractivity contribution is 8.13. The molecule has 0 bridgehead atoms. The molecule has 2 atom stereocenters. The topological polar surface area (TPSA) is 31.4 Å². The highest BCUT2D eigenvalue weighted by Crippen LogP contribution is 2.42. The molecule has 0 aromatic heterocycles. The largest absolute Gasteiger partial charge is 0.371 e. The van der Waals surface area contributed by atoms with Gasteiger partial charge in [0.2, 0.25) is 0 Å². The van der Waals surface area contributed by atoms with Crippen LogP contribution in [0, 0.1) is 11.6 Å². The van der Waals surface area contributed by atoms with Gasteiger partial charge in [-0.2, -0.15) is 0 Å². The van der Waals surface area contributed by atoms with Crippen molar-refractivity contribution < 1.29 is 13.5 Å². The smallest absolute Gasteiger partial charge is 0.185 e. The van der Waals surface area contributed by atoms with Crippen LogP contribution < -0.4 is 5.01 Å². The van der Waals surface area contributed by atoms with Gasteiger partial charge in [0.05, 0.1) is 18.8 Å². The predicted octanol–water partition coefficient (Wildman–Crippen LogP) is 5.90. The van der Waals surface area contributed by atoms with Crippen molar-refractivity contribution in [2.75, 3.05) is 18.2 Å². The maximum absolute atomic E-state index is 14.9. The zero-order valence-electron chi connectivity index (χ0n) is 16.3. The molecule has 0 spiro atoms. The highest BCUT2D eigenvalue weighted by atomic mass is 35.5. The van der Waals surface area contributed by atoms with Crippen LogP contribution in [0.25, 0.3) is 0 Å². The average molecular weight is 458 g/mol. The molecule has 2 unspecified atom stereocenters. The summed E-state index contributed by atoms with van der Waals surface area (Å²) in [5.41, 5.74) is 0.956. The van der Waals surface area contributed by atoms with Crippen LogP contribution in [0.5, 0.6) is 0 Å². The number of hydrogen-bond donors (Lipinski definition) is 0. The van der Waals surface area contributed by atoms with Gasteiger partial charge in [0, 0.05) is 21.5 Å². The number of anilines is 1. The molecule has 0 N–H and O–H groups in total. The van der Waals surface area contributed by atoms with Gasteiger partial charge < -0.3 is 4.74 Å². The van der Waals surface area contributed by atoms with Crippen LogP contribution in [-0.4, -0.2) is 29.4 Å². The van der Waals surface area contributed by atoms with Crippen molar-refractivity contribution >= 4 is 34.2 Å². The highest BCUT2D eigenvalue weighted by Gasteiger charge is 2.41. The summed E-state index contributed by atoms with van der Waals surface area (Å²) < 4.78 is 34.1. The zero-order valence-corrected chi connectivity index (χ0v) is 17.9. The van der Waals surface area contributed by atoms with Crippen molar-refractivity contribution in [3.05, 3.63) is 95.0 Å². The van der Waals surface area contributed by atoms with Crippen molar-refractivity contribution in [1.29, 1.82) is 0 Å². The van der Waals surface area contributed by atoms with Gasteiger partial charge in [-0.1, -0.05) is 59.8 Å². The minimum absolute atomic E-state index is 0.0255. The third kappa shape index (κ3) is 4.26. The number of rotatable bonds is 5. The van der Waals surface area contributed by atoms with Crippen LogP contribution >= 0.6 is 23.4 Å². The number of amidine groups is 1. The van der Waals surface area contributed by atoms with Crippen molar-refractivity contribution in [2.24, 2.45) is 4.99 Å². The van der Waals surface area contributed by atoms with Gasteiger partial charge in [0.25, 0.3) is 0 Å². The first-order chi connectivity index (χ1) is 15.1. The summed E-state index contributed by atoms with van der Waals surface area (Å²) in [5.74, 6) is -1.30. The molecule has 0 saturated carbocycles. The Hall–Kier alpha value is -2.61. The monoisotopic (exact) mass is 457 g/mol. The van der Waals surface area contributed by atoms with Gasteiger partial charge in [-0.25, -0.2) is 13.8 Å². The second kappa shape index (κ2) is 8.49. The quantitative estimate of drug-likeness (QED) is 0.446. The van der Waals surface area contributed by atoms with Gasteiger partial charge in [0.1, 0.15) is 11.9 Å². The van der Waals surface area contributed by atoms with Crippen LogP contribution in [0.2, 0.25) is 5.02 Å². The Morgan fingerprint density at radius 2 is 1.77 bits per heavy atom. The SMILES string of the molecule is Fc1ccc(N2C(c3ccccc3Cl)N=C(Sc3ccccc3)N2CC2CO2)c(F)c1. The van der Waals surface area contributed by atoms with Crippen LogP contribution in [0.15, 0.2) is 82.7 Å². The maximum Gasteiger partial charge on any atom is 0.185 e. The van der Waals surface area contributed by atoms with E-state index >= 15 is 0 Å². The summed E-state index contributed by atoms with van der Waals surface area (Å²) in [6, 6.07) is 20.7. The van der Waals surface area contributed by atoms with E-state index in [1.807, 2.05) is 53.5 Å². The summed E-state index contributed by atoms with van der Waals surface area (Å²) in [7, 11) is 0. The van der Waals surface area contributed by atoms with E-state index in [0.717, 1.165) is 16.5 Å². The Morgan fingerprint density at radius 3 is 2.48 bits per heavy atom. The van der Waals surface area contributed by atoms with Gasteiger partial charge in [-0.3, -0.25) is 10.0 Å². The third-order valence-corrected chi connectivity index (χ3v) is 6.37. The number of halogens is 3. The number of aliphatic imine (C=N–C) groups is 1. The molecule has 158 valence electrons. The Kier molecular flexibility index (Phi) is 5.56. The maximum atomic E-state index is 14.9. The summed E-state index contributed by atoms with van der Waals surface area (Å²) in [6.07, 6.45) is -0.573. The summed E-state index contributed by atoms with van der Waals surface area (Å²) in [4.78, 5) is 5.93. The first-order valence-corrected chi connectivity index (χ1v) is 11.0. The van der Waals surface area contributed by atoms with E-state index in [9.17, 15) is 8.78 Å². The van der Waals surface area contributed by atoms with Gasteiger partial charge in [0.15, 0.2) is 17.2 Å². The standard InChI is InChI=1S/C23H18ClF2N3OS/c24-19-9-5-4-8-18(19)22-27-23(31-17-6-2-1-3-7-17)28(13-16-14-30-16)29(22)21-11-10-15(25)12-20(21)26/h1-12,16,22H,13-14H2. The van der Waals surface area contributed by atoms with E-state index in [0.29, 0.717) is 23.3 Å². The third-order valence-electron chi connectivity index (χ3n) is 5.02.